The van der Waals surface area contributed by atoms with Gasteiger partial charge in [0.25, 0.3) is 0 Å². The van der Waals surface area contributed by atoms with Crippen molar-refractivity contribution in [3.05, 3.63) is 34.7 Å². The van der Waals surface area contributed by atoms with Crippen LogP contribution in [0.1, 0.15) is 15.9 Å². The van der Waals surface area contributed by atoms with Gasteiger partial charge in [-0.2, -0.15) is 0 Å². The Kier molecular flexibility index (Phi) is 2.25. The molecule has 0 saturated carbocycles. The predicted molar refractivity (Wildman–Crippen MR) is 57.9 cm³/mol. The molecule has 0 bridgehead atoms. The lowest BCUT2D eigenvalue weighted by Crippen LogP contribution is -1.99. The molecule has 2 nitrogen and oxygen atoms in total. The first-order valence-corrected chi connectivity index (χ1v) is 5.16. The molecule has 1 aromatic carbocycles. The molecule has 0 aliphatic rings. The third-order valence-electron chi connectivity index (χ3n) is 2.13. The zero-order valence-electron chi connectivity index (χ0n) is 8.03. The van der Waals surface area contributed by atoms with Crippen molar-refractivity contribution in [2.45, 2.75) is 6.92 Å². The van der Waals surface area contributed by atoms with Crippen molar-refractivity contribution in [3.8, 4) is 0 Å². The Morgan fingerprint density at radius 3 is 2.93 bits per heavy atom. The summed E-state index contributed by atoms with van der Waals surface area (Å²) in [5.41, 5.74) is 1.82. The fourth-order valence-corrected chi connectivity index (χ4v) is 2.32. The summed E-state index contributed by atoms with van der Waals surface area (Å²) in [5, 5.41) is 2.83. The molecule has 0 aliphatic carbocycles. The van der Waals surface area contributed by atoms with Gasteiger partial charge in [0.15, 0.2) is 0 Å². The summed E-state index contributed by atoms with van der Waals surface area (Å²) >= 11 is 1.57. The summed E-state index contributed by atoms with van der Waals surface area (Å²) in [6.07, 6.45) is 0. The summed E-state index contributed by atoms with van der Waals surface area (Å²) in [6.45, 7) is 2.01. The topological polar surface area (TPSA) is 26.3 Å². The second-order valence-corrected chi connectivity index (χ2v) is 4.05. The molecule has 0 spiro atoms. The van der Waals surface area contributed by atoms with Gasteiger partial charge >= 0.3 is 5.97 Å². The second kappa shape index (κ2) is 3.42. The van der Waals surface area contributed by atoms with E-state index in [0.717, 1.165) is 15.6 Å². The predicted octanol–water partition coefficient (Wildman–Crippen LogP) is 3.00. The average molecular weight is 206 g/mol. The average Bonchev–Trinajstić information content (AvgIpc) is 2.59. The largest absolute Gasteiger partial charge is 0.465 e. The summed E-state index contributed by atoms with van der Waals surface area (Å²) in [6, 6.07) is 6.08. The fraction of sp³-hybridized carbons (Fsp3) is 0.182. The van der Waals surface area contributed by atoms with Crippen LogP contribution >= 0.6 is 11.3 Å². The van der Waals surface area contributed by atoms with Crippen LogP contribution in [0.3, 0.4) is 0 Å². The van der Waals surface area contributed by atoms with Gasteiger partial charge in [-0.05, 0) is 19.1 Å². The van der Waals surface area contributed by atoms with Crippen LogP contribution in [0.2, 0.25) is 0 Å². The van der Waals surface area contributed by atoms with Crippen LogP contribution in [0.15, 0.2) is 23.6 Å². The summed E-state index contributed by atoms with van der Waals surface area (Å²) in [7, 11) is 1.40. The molecule has 3 heteroatoms. The maximum atomic E-state index is 11.4. The molecule has 72 valence electrons. The number of methoxy groups -OCH3 is 1. The molecule has 0 aliphatic heterocycles. The number of carbonyl (C=O) groups excluding carboxylic acids is 1. The smallest absolute Gasteiger partial charge is 0.339 e. The Balaban J connectivity index is 2.67. The van der Waals surface area contributed by atoms with E-state index in [1.807, 2.05) is 30.5 Å². The zero-order valence-corrected chi connectivity index (χ0v) is 8.85. The number of benzene rings is 1. The Labute approximate surface area is 86.1 Å². The maximum Gasteiger partial charge on any atom is 0.339 e. The lowest BCUT2D eigenvalue weighted by molar-refractivity contribution is 0.0603. The number of carbonyl (C=O) groups is 1. The van der Waals surface area contributed by atoms with Crippen LogP contribution in [0, 0.1) is 6.92 Å². The molecule has 2 rings (SSSR count). The van der Waals surface area contributed by atoms with E-state index in [1.165, 1.54) is 7.11 Å². The highest BCUT2D eigenvalue weighted by Gasteiger charge is 2.11. The van der Waals surface area contributed by atoms with Crippen LogP contribution in [-0.2, 0) is 4.74 Å². The van der Waals surface area contributed by atoms with E-state index in [4.69, 9.17) is 4.74 Å². The van der Waals surface area contributed by atoms with Gasteiger partial charge in [0.2, 0.25) is 0 Å². The summed E-state index contributed by atoms with van der Waals surface area (Å²) in [5.74, 6) is -0.262. The minimum Gasteiger partial charge on any atom is -0.465 e. The van der Waals surface area contributed by atoms with Gasteiger partial charge in [0.1, 0.15) is 0 Å². The lowest BCUT2D eigenvalue weighted by Gasteiger charge is -1.97. The molecule has 2 aromatic rings. The number of aryl methyl sites for hydroxylation is 1. The molecule has 0 fully saturated rings. The van der Waals surface area contributed by atoms with Crippen molar-refractivity contribution < 1.29 is 9.53 Å². The van der Waals surface area contributed by atoms with Gasteiger partial charge in [-0.25, -0.2) is 4.79 Å². The number of rotatable bonds is 1. The molecule has 1 heterocycles. The number of ether oxygens (including phenoxy) is 1. The molecule has 14 heavy (non-hydrogen) atoms. The highest BCUT2D eigenvalue weighted by Crippen LogP contribution is 2.27. The van der Waals surface area contributed by atoms with Gasteiger partial charge in [-0.3, -0.25) is 0 Å². The summed E-state index contributed by atoms with van der Waals surface area (Å²) in [4.78, 5) is 11.4. The van der Waals surface area contributed by atoms with Crippen molar-refractivity contribution in [1.82, 2.24) is 0 Å². The van der Waals surface area contributed by atoms with Crippen molar-refractivity contribution in [2.75, 3.05) is 7.11 Å². The van der Waals surface area contributed by atoms with Gasteiger partial charge in [0, 0.05) is 15.5 Å². The normalized spacial score (nSPS) is 10.4. The maximum absolute atomic E-state index is 11.4. The first kappa shape index (κ1) is 9.21. The van der Waals surface area contributed by atoms with Crippen LogP contribution in [-0.4, -0.2) is 13.1 Å². The first-order chi connectivity index (χ1) is 6.72. The standard InChI is InChI=1S/C11H10O2S/c1-7-3-4-10-8(5-7)9(6-14-10)11(12)13-2/h3-6H,1-2H3. The van der Waals surface area contributed by atoms with E-state index in [2.05, 4.69) is 0 Å². The van der Waals surface area contributed by atoms with Crippen LogP contribution in [0.25, 0.3) is 10.1 Å². The van der Waals surface area contributed by atoms with Gasteiger partial charge in [-0.15, -0.1) is 11.3 Å². The monoisotopic (exact) mass is 206 g/mol. The Morgan fingerprint density at radius 1 is 1.43 bits per heavy atom. The molecule has 0 unspecified atom stereocenters. The Bertz CT molecular complexity index is 485. The van der Waals surface area contributed by atoms with Crippen LogP contribution in [0.5, 0.6) is 0 Å². The third-order valence-corrected chi connectivity index (χ3v) is 3.10. The zero-order chi connectivity index (χ0) is 10.1. The van der Waals surface area contributed by atoms with Gasteiger partial charge in [0.05, 0.1) is 12.7 Å². The SMILES string of the molecule is COC(=O)c1csc2ccc(C)cc12. The molecule has 0 radical (unpaired) electrons. The molecule has 0 saturated heterocycles. The first-order valence-electron chi connectivity index (χ1n) is 4.28. The third kappa shape index (κ3) is 1.40. The van der Waals surface area contributed by atoms with Crippen molar-refractivity contribution in [1.29, 1.82) is 0 Å². The van der Waals surface area contributed by atoms with Crippen molar-refractivity contribution in [2.24, 2.45) is 0 Å². The molecule has 1 aromatic heterocycles. The second-order valence-electron chi connectivity index (χ2n) is 3.14. The highest BCUT2D eigenvalue weighted by atomic mass is 32.1. The molecular weight excluding hydrogens is 196 g/mol. The molecule has 0 N–H and O–H groups in total. The number of thiophene rings is 1. The quantitative estimate of drug-likeness (QED) is 0.670. The molecule has 0 amide bonds. The van der Waals surface area contributed by atoms with E-state index >= 15 is 0 Å². The lowest BCUT2D eigenvalue weighted by atomic mass is 10.1. The van der Waals surface area contributed by atoms with Crippen molar-refractivity contribution >= 4 is 27.4 Å². The number of hydrogen-bond donors (Lipinski definition) is 0. The number of fused-ring (bicyclic) bond motifs is 1. The highest BCUT2D eigenvalue weighted by molar-refractivity contribution is 7.17. The minimum atomic E-state index is -0.262. The van der Waals surface area contributed by atoms with E-state index in [0.29, 0.717) is 5.56 Å². The van der Waals surface area contributed by atoms with Crippen molar-refractivity contribution in [3.63, 3.8) is 0 Å². The van der Waals surface area contributed by atoms with Crippen LogP contribution in [0.4, 0.5) is 0 Å². The minimum absolute atomic E-state index is 0.262. The summed E-state index contributed by atoms with van der Waals surface area (Å²) < 4.78 is 5.83. The fourth-order valence-electron chi connectivity index (χ4n) is 1.41. The number of hydrogen-bond acceptors (Lipinski definition) is 3. The van der Waals surface area contributed by atoms with E-state index in [9.17, 15) is 4.79 Å². The van der Waals surface area contributed by atoms with E-state index < -0.39 is 0 Å². The Hall–Kier alpha value is -1.35. The van der Waals surface area contributed by atoms with Gasteiger partial charge < -0.3 is 4.74 Å². The van der Waals surface area contributed by atoms with E-state index in [-0.39, 0.29) is 5.97 Å². The molecule has 0 atom stereocenters. The van der Waals surface area contributed by atoms with Crippen LogP contribution < -0.4 is 0 Å². The number of esters is 1. The Morgan fingerprint density at radius 2 is 2.21 bits per heavy atom. The van der Waals surface area contributed by atoms with Gasteiger partial charge in [-0.1, -0.05) is 11.6 Å². The molecular formula is C11H10O2S. The van der Waals surface area contributed by atoms with E-state index in [1.54, 1.807) is 11.3 Å².